The molecule has 0 radical (unpaired) electrons. The lowest BCUT2D eigenvalue weighted by Gasteiger charge is -2.41. The largest absolute Gasteiger partial charge is 0.481 e. The predicted molar refractivity (Wildman–Crippen MR) is 49.5 cm³/mol. The van der Waals surface area contributed by atoms with E-state index >= 15 is 0 Å². The van der Waals surface area contributed by atoms with Crippen molar-refractivity contribution in [1.29, 1.82) is 0 Å². The number of aliphatic carboxylic acids is 1. The molecule has 3 nitrogen and oxygen atoms in total. The van der Waals surface area contributed by atoms with Crippen LogP contribution in [0.5, 0.6) is 0 Å². The molecule has 2 aliphatic rings. The van der Waals surface area contributed by atoms with Gasteiger partial charge >= 0.3 is 5.97 Å². The monoisotopic (exact) mass is 183 g/mol. The third-order valence-corrected chi connectivity index (χ3v) is 3.25. The van der Waals surface area contributed by atoms with Gasteiger partial charge in [0.2, 0.25) is 0 Å². The first-order chi connectivity index (χ1) is 6.24. The van der Waals surface area contributed by atoms with Gasteiger partial charge in [-0.25, -0.2) is 0 Å². The molecular formula is C10H17NO2. The van der Waals surface area contributed by atoms with E-state index in [1.807, 2.05) is 0 Å². The number of hydrogen-bond donors (Lipinski definition) is 1. The average molecular weight is 183 g/mol. The molecule has 2 bridgehead atoms. The first-order valence-electron chi connectivity index (χ1n) is 5.18. The van der Waals surface area contributed by atoms with Gasteiger partial charge in [-0.05, 0) is 37.6 Å². The van der Waals surface area contributed by atoms with Gasteiger partial charge in [-0.3, -0.25) is 4.79 Å². The number of carboxylic acids is 1. The van der Waals surface area contributed by atoms with Gasteiger partial charge in [0.15, 0.2) is 0 Å². The van der Waals surface area contributed by atoms with Gasteiger partial charge in [-0.2, -0.15) is 0 Å². The van der Waals surface area contributed by atoms with Crippen molar-refractivity contribution in [3.05, 3.63) is 0 Å². The minimum Gasteiger partial charge on any atom is -0.481 e. The molecule has 0 saturated carbocycles. The molecule has 1 N–H and O–H groups in total. The van der Waals surface area contributed by atoms with Crippen LogP contribution in [0.2, 0.25) is 0 Å². The van der Waals surface area contributed by atoms with Crippen LogP contribution >= 0.6 is 0 Å². The Morgan fingerprint density at radius 2 is 2.31 bits per heavy atom. The molecule has 2 rings (SSSR count). The molecule has 2 fully saturated rings. The maximum absolute atomic E-state index is 10.6. The zero-order chi connectivity index (χ0) is 9.26. The first-order valence-corrected chi connectivity index (χ1v) is 5.18. The van der Waals surface area contributed by atoms with E-state index in [9.17, 15) is 4.79 Å². The van der Waals surface area contributed by atoms with E-state index in [0.29, 0.717) is 12.3 Å². The van der Waals surface area contributed by atoms with Crippen LogP contribution in [0.15, 0.2) is 0 Å². The van der Waals surface area contributed by atoms with Crippen molar-refractivity contribution in [3.8, 4) is 0 Å². The van der Waals surface area contributed by atoms with Crippen molar-refractivity contribution in [2.75, 3.05) is 19.6 Å². The fraction of sp³-hybridized carbons (Fsp3) is 0.900. The molecule has 3 heteroatoms. The number of fused-ring (bicyclic) bond motifs is 2. The van der Waals surface area contributed by atoms with Gasteiger partial charge in [0.25, 0.3) is 0 Å². The predicted octanol–water partition coefficient (Wildman–Crippen LogP) is 1.19. The maximum Gasteiger partial charge on any atom is 0.303 e. The molecular weight excluding hydrogens is 166 g/mol. The highest BCUT2D eigenvalue weighted by Gasteiger charge is 2.30. The Hall–Kier alpha value is -0.570. The fourth-order valence-electron chi connectivity index (χ4n) is 2.82. The standard InChI is InChI=1S/C10H17NO2/c12-10(13)5-9-4-8-2-1-3-11(6-8)7-9/h8-9H,1-7H2,(H,12,13). The number of carbonyl (C=O) groups is 1. The van der Waals surface area contributed by atoms with Crippen LogP contribution < -0.4 is 0 Å². The zero-order valence-electron chi connectivity index (χ0n) is 7.91. The van der Waals surface area contributed by atoms with E-state index in [1.165, 1.54) is 25.9 Å². The Morgan fingerprint density at radius 3 is 3.00 bits per heavy atom. The molecule has 0 amide bonds. The Bertz CT molecular complexity index is 193. The number of hydrogen-bond acceptors (Lipinski definition) is 2. The van der Waals surface area contributed by atoms with Crippen LogP contribution in [0.1, 0.15) is 25.7 Å². The Morgan fingerprint density at radius 1 is 1.46 bits per heavy atom. The van der Waals surface area contributed by atoms with Crippen LogP contribution in [0.4, 0.5) is 0 Å². The summed E-state index contributed by atoms with van der Waals surface area (Å²) in [6, 6.07) is 0. The van der Waals surface area contributed by atoms with Crippen molar-refractivity contribution in [1.82, 2.24) is 4.90 Å². The van der Waals surface area contributed by atoms with E-state index < -0.39 is 5.97 Å². The smallest absolute Gasteiger partial charge is 0.303 e. The molecule has 0 spiro atoms. The summed E-state index contributed by atoms with van der Waals surface area (Å²) in [5.74, 6) is 0.564. The summed E-state index contributed by atoms with van der Waals surface area (Å²) < 4.78 is 0. The lowest BCUT2D eigenvalue weighted by Crippen LogP contribution is -2.44. The second kappa shape index (κ2) is 3.66. The lowest BCUT2D eigenvalue weighted by molar-refractivity contribution is -0.138. The van der Waals surface area contributed by atoms with Crippen molar-refractivity contribution in [2.24, 2.45) is 11.8 Å². The van der Waals surface area contributed by atoms with Crippen LogP contribution in [0, 0.1) is 11.8 Å². The second-order valence-corrected chi connectivity index (χ2v) is 4.47. The third kappa shape index (κ3) is 2.21. The van der Waals surface area contributed by atoms with Gasteiger partial charge < -0.3 is 10.0 Å². The summed E-state index contributed by atoms with van der Waals surface area (Å²) in [7, 11) is 0. The molecule has 2 aliphatic heterocycles. The summed E-state index contributed by atoms with van der Waals surface area (Å²) in [6.07, 6.45) is 4.13. The maximum atomic E-state index is 10.6. The molecule has 2 heterocycles. The van der Waals surface area contributed by atoms with Gasteiger partial charge in [0.1, 0.15) is 0 Å². The summed E-state index contributed by atoms with van der Waals surface area (Å²) in [4.78, 5) is 13.0. The van der Waals surface area contributed by atoms with Gasteiger partial charge in [0.05, 0.1) is 0 Å². The first kappa shape index (κ1) is 9.00. The molecule has 13 heavy (non-hydrogen) atoms. The minimum absolute atomic E-state index is 0.368. The SMILES string of the molecule is O=C(O)CC1CC2CCCN(C2)C1. The molecule has 74 valence electrons. The van der Waals surface area contributed by atoms with Crippen molar-refractivity contribution >= 4 is 5.97 Å². The Kier molecular flexibility index (Phi) is 2.54. The molecule has 0 aromatic rings. The third-order valence-electron chi connectivity index (χ3n) is 3.25. The van der Waals surface area contributed by atoms with E-state index in [0.717, 1.165) is 18.9 Å². The highest BCUT2D eigenvalue weighted by molar-refractivity contribution is 5.67. The number of nitrogens with zero attached hydrogens (tertiary/aromatic N) is 1. The van der Waals surface area contributed by atoms with E-state index in [1.54, 1.807) is 0 Å². The van der Waals surface area contributed by atoms with Gasteiger partial charge in [0, 0.05) is 19.5 Å². The molecule has 2 saturated heterocycles. The zero-order valence-corrected chi connectivity index (χ0v) is 7.91. The molecule has 3 unspecified atom stereocenters. The topological polar surface area (TPSA) is 40.5 Å². The number of carboxylic acid groups (broad SMARTS) is 1. The van der Waals surface area contributed by atoms with Gasteiger partial charge in [-0.1, -0.05) is 0 Å². The second-order valence-electron chi connectivity index (χ2n) is 4.47. The Balaban J connectivity index is 1.90. The lowest BCUT2D eigenvalue weighted by atomic mass is 9.82. The molecule has 0 aromatic heterocycles. The van der Waals surface area contributed by atoms with Crippen LogP contribution in [-0.2, 0) is 4.79 Å². The van der Waals surface area contributed by atoms with Gasteiger partial charge in [-0.15, -0.1) is 0 Å². The number of rotatable bonds is 2. The Labute approximate surface area is 78.7 Å². The minimum atomic E-state index is -0.633. The van der Waals surface area contributed by atoms with Crippen LogP contribution in [0.3, 0.4) is 0 Å². The van der Waals surface area contributed by atoms with Crippen molar-refractivity contribution in [2.45, 2.75) is 25.7 Å². The average Bonchev–Trinajstić information content (AvgIpc) is 2.01. The summed E-state index contributed by atoms with van der Waals surface area (Å²) in [6.45, 7) is 3.42. The summed E-state index contributed by atoms with van der Waals surface area (Å²) in [5.41, 5.74) is 0. The molecule has 0 aromatic carbocycles. The fourth-order valence-corrected chi connectivity index (χ4v) is 2.82. The molecule has 3 atom stereocenters. The molecule has 0 aliphatic carbocycles. The van der Waals surface area contributed by atoms with E-state index in [2.05, 4.69) is 4.90 Å². The van der Waals surface area contributed by atoms with E-state index in [-0.39, 0.29) is 0 Å². The normalized spacial score (nSPS) is 38.6. The van der Waals surface area contributed by atoms with Crippen LogP contribution in [-0.4, -0.2) is 35.6 Å². The van der Waals surface area contributed by atoms with Crippen molar-refractivity contribution < 1.29 is 9.90 Å². The highest BCUT2D eigenvalue weighted by atomic mass is 16.4. The summed E-state index contributed by atoms with van der Waals surface area (Å²) in [5, 5.41) is 8.71. The van der Waals surface area contributed by atoms with E-state index in [4.69, 9.17) is 5.11 Å². The quantitative estimate of drug-likeness (QED) is 0.699. The summed E-state index contributed by atoms with van der Waals surface area (Å²) >= 11 is 0. The van der Waals surface area contributed by atoms with Crippen LogP contribution in [0.25, 0.3) is 0 Å². The number of piperidine rings is 2. The van der Waals surface area contributed by atoms with Crippen molar-refractivity contribution in [3.63, 3.8) is 0 Å². The highest BCUT2D eigenvalue weighted by Crippen LogP contribution is 2.30.